The first-order chi connectivity index (χ1) is 9.19. The van der Waals surface area contributed by atoms with E-state index in [-0.39, 0.29) is 5.60 Å². The summed E-state index contributed by atoms with van der Waals surface area (Å²) in [6.45, 7) is 10.7. The number of methoxy groups -OCH3 is 1. The number of ether oxygens (including phenoxy) is 2. The predicted octanol–water partition coefficient (Wildman–Crippen LogP) is 1.50. The topological polar surface area (TPSA) is 33.7 Å². The van der Waals surface area contributed by atoms with Crippen molar-refractivity contribution in [3.05, 3.63) is 0 Å². The second-order valence-corrected chi connectivity index (χ2v) is 6.15. The predicted molar refractivity (Wildman–Crippen MR) is 77.5 cm³/mol. The van der Waals surface area contributed by atoms with Gasteiger partial charge in [0.05, 0.1) is 6.61 Å². The fourth-order valence-corrected chi connectivity index (χ4v) is 3.26. The number of nitrogens with one attached hydrogen (secondary N) is 1. The molecule has 0 amide bonds. The summed E-state index contributed by atoms with van der Waals surface area (Å²) in [5.41, 5.74) is -0.0899. The van der Waals surface area contributed by atoms with Gasteiger partial charge in [0.25, 0.3) is 0 Å². The Morgan fingerprint density at radius 3 is 3.00 bits per heavy atom. The van der Waals surface area contributed by atoms with Crippen LogP contribution in [0.2, 0.25) is 0 Å². The van der Waals surface area contributed by atoms with Crippen LogP contribution in [0.3, 0.4) is 0 Å². The van der Waals surface area contributed by atoms with E-state index in [9.17, 15) is 0 Å². The van der Waals surface area contributed by atoms with E-state index in [0.717, 1.165) is 32.1 Å². The van der Waals surface area contributed by atoms with Crippen LogP contribution in [0.5, 0.6) is 0 Å². The molecule has 2 saturated heterocycles. The minimum atomic E-state index is -0.0899. The van der Waals surface area contributed by atoms with E-state index in [0.29, 0.717) is 6.04 Å². The van der Waals surface area contributed by atoms with Crippen molar-refractivity contribution in [2.75, 3.05) is 46.5 Å². The molecule has 4 heteroatoms. The van der Waals surface area contributed by atoms with E-state index in [4.69, 9.17) is 9.47 Å². The number of hydrogen-bond donors (Lipinski definition) is 1. The lowest BCUT2D eigenvalue weighted by Gasteiger charge is -2.37. The Morgan fingerprint density at radius 1 is 1.53 bits per heavy atom. The minimum Gasteiger partial charge on any atom is -0.378 e. The summed E-state index contributed by atoms with van der Waals surface area (Å²) in [5, 5.41) is 3.70. The van der Waals surface area contributed by atoms with Crippen molar-refractivity contribution < 1.29 is 9.47 Å². The molecule has 112 valence electrons. The van der Waals surface area contributed by atoms with Crippen molar-refractivity contribution in [3.8, 4) is 0 Å². The summed E-state index contributed by atoms with van der Waals surface area (Å²) in [7, 11) is 1.81. The molecule has 0 aromatic rings. The molecule has 1 N–H and O–H groups in total. The van der Waals surface area contributed by atoms with E-state index in [1.807, 2.05) is 0 Å². The molecule has 0 bridgehead atoms. The zero-order chi connectivity index (χ0) is 13.7. The van der Waals surface area contributed by atoms with Crippen molar-refractivity contribution in [2.45, 2.75) is 44.8 Å². The molecule has 19 heavy (non-hydrogen) atoms. The number of hydrogen-bond acceptors (Lipinski definition) is 4. The number of piperidine rings is 1. The van der Waals surface area contributed by atoms with Crippen LogP contribution in [-0.2, 0) is 9.47 Å². The number of rotatable bonds is 6. The maximum atomic E-state index is 5.68. The fraction of sp³-hybridized carbons (Fsp3) is 1.00. The molecule has 0 aliphatic carbocycles. The third-order valence-corrected chi connectivity index (χ3v) is 4.94. The van der Waals surface area contributed by atoms with Crippen molar-refractivity contribution in [3.63, 3.8) is 0 Å². The zero-order valence-electron chi connectivity index (χ0n) is 12.8. The van der Waals surface area contributed by atoms with Crippen molar-refractivity contribution >= 4 is 0 Å². The molecule has 4 nitrogen and oxygen atoms in total. The average Bonchev–Trinajstić information content (AvgIpc) is 2.94. The van der Waals surface area contributed by atoms with Crippen molar-refractivity contribution in [2.24, 2.45) is 5.92 Å². The molecular weight excluding hydrogens is 240 g/mol. The Morgan fingerprint density at radius 2 is 2.37 bits per heavy atom. The lowest BCUT2D eigenvalue weighted by molar-refractivity contribution is -0.0191. The van der Waals surface area contributed by atoms with Crippen LogP contribution in [0.25, 0.3) is 0 Å². The second-order valence-electron chi connectivity index (χ2n) is 6.15. The molecule has 2 aliphatic rings. The van der Waals surface area contributed by atoms with Crippen LogP contribution >= 0.6 is 0 Å². The summed E-state index contributed by atoms with van der Waals surface area (Å²) >= 11 is 0. The summed E-state index contributed by atoms with van der Waals surface area (Å²) in [6, 6.07) is 0.557. The third kappa shape index (κ3) is 3.91. The number of nitrogens with zero attached hydrogens (tertiary/aromatic N) is 1. The molecule has 0 spiro atoms. The lowest BCUT2D eigenvalue weighted by atomic mass is 9.91. The van der Waals surface area contributed by atoms with E-state index >= 15 is 0 Å². The molecule has 0 radical (unpaired) electrons. The average molecular weight is 270 g/mol. The second kappa shape index (κ2) is 7.02. The maximum absolute atomic E-state index is 5.68. The Kier molecular flexibility index (Phi) is 5.63. The van der Waals surface area contributed by atoms with E-state index in [1.165, 1.54) is 32.5 Å². The summed E-state index contributed by atoms with van der Waals surface area (Å²) < 4.78 is 11.2. The summed E-state index contributed by atoms with van der Waals surface area (Å²) in [5.74, 6) is 0.768. The molecule has 0 aromatic heterocycles. The molecule has 2 fully saturated rings. The highest BCUT2D eigenvalue weighted by Gasteiger charge is 2.35. The van der Waals surface area contributed by atoms with Crippen LogP contribution in [0.1, 0.15) is 33.1 Å². The Labute approximate surface area is 117 Å². The van der Waals surface area contributed by atoms with E-state index in [2.05, 4.69) is 24.1 Å². The maximum Gasteiger partial charge on any atom is 0.106 e. The van der Waals surface area contributed by atoms with Gasteiger partial charge in [-0.15, -0.1) is 0 Å². The first-order valence-corrected chi connectivity index (χ1v) is 7.78. The standard InChI is InChI=1S/C15H30N2O2/c1-4-17-8-5-6-14(10-17)13(2)16-11-15(18-3)7-9-19-12-15/h13-14,16H,4-12H2,1-3H3. The van der Waals surface area contributed by atoms with Crippen LogP contribution < -0.4 is 5.32 Å². The molecule has 3 unspecified atom stereocenters. The van der Waals surface area contributed by atoms with E-state index in [1.54, 1.807) is 7.11 Å². The van der Waals surface area contributed by atoms with Crippen molar-refractivity contribution in [1.82, 2.24) is 10.2 Å². The van der Waals surface area contributed by atoms with Crippen LogP contribution in [0.4, 0.5) is 0 Å². The molecule has 0 aromatic carbocycles. The van der Waals surface area contributed by atoms with Gasteiger partial charge in [-0.3, -0.25) is 0 Å². The number of likely N-dealkylation sites (tertiary alicyclic amines) is 1. The van der Waals surface area contributed by atoms with Gasteiger partial charge in [0.2, 0.25) is 0 Å². The lowest BCUT2D eigenvalue weighted by Crippen LogP contribution is -2.50. The zero-order valence-corrected chi connectivity index (χ0v) is 12.8. The third-order valence-electron chi connectivity index (χ3n) is 4.94. The van der Waals surface area contributed by atoms with Gasteiger partial charge in [-0.2, -0.15) is 0 Å². The monoisotopic (exact) mass is 270 g/mol. The summed E-state index contributed by atoms with van der Waals surface area (Å²) in [4.78, 5) is 2.57. The normalized spacial score (nSPS) is 34.6. The van der Waals surface area contributed by atoms with Crippen LogP contribution in [0.15, 0.2) is 0 Å². The van der Waals surface area contributed by atoms with Gasteiger partial charge in [-0.25, -0.2) is 0 Å². The Bertz CT molecular complexity index is 267. The largest absolute Gasteiger partial charge is 0.378 e. The van der Waals surface area contributed by atoms with Crippen LogP contribution in [0, 0.1) is 5.92 Å². The highest BCUT2D eigenvalue weighted by atomic mass is 16.5. The van der Waals surface area contributed by atoms with E-state index < -0.39 is 0 Å². The Balaban J connectivity index is 1.78. The van der Waals surface area contributed by atoms with Crippen molar-refractivity contribution in [1.29, 1.82) is 0 Å². The first-order valence-electron chi connectivity index (χ1n) is 7.78. The quantitative estimate of drug-likeness (QED) is 0.793. The molecule has 2 aliphatic heterocycles. The highest BCUT2D eigenvalue weighted by Crippen LogP contribution is 2.23. The summed E-state index contributed by atoms with van der Waals surface area (Å²) in [6.07, 6.45) is 3.69. The molecule has 3 atom stereocenters. The fourth-order valence-electron chi connectivity index (χ4n) is 3.26. The van der Waals surface area contributed by atoms with Gasteiger partial charge < -0.3 is 19.7 Å². The van der Waals surface area contributed by atoms with Crippen LogP contribution in [-0.4, -0.2) is 63.0 Å². The minimum absolute atomic E-state index is 0.0899. The van der Waals surface area contributed by atoms with Gasteiger partial charge in [0.15, 0.2) is 0 Å². The first kappa shape index (κ1) is 15.2. The van der Waals surface area contributed by atoms with Gasteiger partial charge in [0.1, 0.15) is 5.60 Å². The SMILES string of the molecule is CCN1CCCC(C(C)NCC2(OC)CCOC2)C1. The van der Waals surface area contributed by atoms with Gasteiger partial charge >= 0.3 is 0 Å². The van der Waals surface area contributed by atoms with Gasteiger partial charge in [-0.1, -0.05) is 6.92 Å². The van der Waals surface area contributed by atoms with Gasteiger partial charge in [-0.05, 0) is 38.8 Å². The molecule has 0 saturated carbocycles. The molecular formula is C15H30N2O2. The highest BCUT2D eigenvalue weighted by molar-refractivity contribution is 4.89. The Hall–Kier alpha value is -0.160. The smallest absolute Gasteiger partial charge is 0.106 e. The molecule has 2 heterocycles. The molecule has 2 rings (SSSR count). The van der Waals surface area contributed by atoms with Gasteiger partial charge in [0, 0.05) is 39.3 Å².